The summed E-state index contributed by atoms with van der Waals surface area (Å²) >= 11 is 0. The number of hydrogen-bond donors (Lipinski definition) is 4. The number of carbonyl (C=O) groups excluding carboxylic acids is 1. The van der Waals surface area contributed by atoms with E-state index in [1.165, 1.54) is 30.5 Å². The van der Waals surface area contributed by atoms with Crippen molar-refractivity contribution < 1.29 is 19.4 Å². The zero-order valence-electron chi connectivity index (χ0n) is 23.1. The van der Waals surface area contributed by atoms with Crippen molar-refractivity contribution in [2.45, 2.75) is 69.7 Å². The maximum Gasteiger partial charge on any atom is 0.326 e. The maximum atomic E-state index is 13.6. The Morgan fingerprint density at radius 1 is 0.902 bits per heavy atom. The van der Waals surface area contributed by atoms with Crippen molar-refractivity contribution in [3.63, 3.8) is 0 Å². The Morgan fingerprint density at radius 3 is 2.39 bits per heavy atom. The van der Waals surface area contributed by atoms with Gasteiger partial charge in [-0.05, 0) is 60.1 Å². The summed E-state index contributed by atoms with van der Waals surface area (Å²) in [6.07, 6.45) is 6.63. The first kappa shape index (κ1) is 27.1. The number of amides is 1. The van der Waals surface area contributed by atoms with Gasteiger partial charge in [0, 0.05) is 23.0 Å². The summed E-state index contributed by atoms with van der Waals surface area (Å²) in [4.78, 5) is 29.5. The number of H-pyrrole nitrogens is 1. The van der Waals surface area contributed by atoms with Crippen LogP contribution in [-0.2, 0) is 29.0 Å². The minimum atomic E-state index is -1.05. The van der Waals surface area contributed by atoms with E-state index >= 15 is 0 Å². The summed E-state index contributed by atoms with van der Waals surface area (Å²) in [7, 11) is 0. The molecule has 1 aromatic heterocycles. The topological polar surface area (TPSA) is 103 Å². The van der Waals surface area contributed by atoms with Gasteiger partial charge in [0.05, 0.1) is 12.1 Å². The third kappa shape index (κ3) is 6.15. The Morgan fingerprint density at radius 2 is 1.63 bits per heavy atom. The number of benzene rings is 3. The molecule has 1 fully saturated rings. The van der Waals surface area contributed by atoms with Gasteiger partial charge in [-0.2, -0.15) is 0 Å². The number of fused-ring (bicyclic) bond motifs is 3. The lowest BCUT2D eigenvalue weighted by molar-refractivity contribution is -0.142. The van der Waals surface area contributed by atoms with E-state index < -0.39 is 18.1 Å². The number of carboxylic acid groups (broad SMARTS) is 1. The van der Waals surface area contributed by atoms with Crippen molar-refractivity contribution in [3.8, 4) is 5.75 Å². The number of rotatable bonds is 9. The van der Waals surface area contributed by atoms with Crippen LogP contribution in [0, 0.1) is 5.92 Å². The molecule has 7 heteroatoms. The molecule has 0 radical (unpaired) electrons. The Bertz CT molecular complexity index is 1490. The minimum absolute atomic E-state index is 0.0499. The molecule has 4 N–H and O–H groups in total. The third-order valence-electron chi connectivity index (χ3n) is 8.61. The monoisotopic (exact) mass is 551 g/mol. The molecule has 0 spiro atoms. The predicted molar refractivity (Wildman–Crippen MR) is 159 cm³/mol. The SMILES string of the molecule is O=C(O)C(Cc1ccc(OCc2ccccc2)cc1)NC(=O)[C@H]1Cc2c([nH]c3ccccc23)[C@H](C2CCCCC2)N1. The van der Waals surface area contributed by atoms with Gasteiger partial charge in [-0.3, -0.25) is 10.1 Å². The summed E-state index contributed by atoms with van der Waals surface area (Å²) < 4.78 is 5.86. The molecule has 0 saturated heterocycles. The van der Waals surface area contributed by atoms with Crippen molar-refractivity contribution in [2.24, 2.45) is 5.92 Å². The van der Waals surface area contributed by atoms with Gasteiger partial charge in [-0.15, -0.1) is 0 Å². The Kier molecular flexibility index (Phi) is 8.05. The third-order valence-corrected chi connectivity index (χ3v) is 8.61. The van der Waals surface area contributed by atoms with E-state index in [-0.39, 0.29) is 18.4 Å². The first-order chi connectivity index (χ1) is 20.0. The number of aromatic nitrogens is 1. The Labute approximate surface area is 240 Å². The molecule has 0 bridgehead atoms. The lowest BCUT2D eigenvalue weighted by atomic mass is 9.79. The molecule has 212 valence electrons. The molecule has 7 nitrogen and oxygen atoms in total. The molecule has 41 heavy (non-hydrogen) atoms. The highest BCUT2D eigenvalue weighted by atomic mass is 16.5. The maximum absolute atomic E-state index is 13.6. The van der Waals surface area contributed by atoms with Crippen molar-refractivity contribution in [3.05, 3.63) is 101 Å². The molecule has 1 unspecified atom stereocenters. The van der Waals surface area contributed by atoms with Gasteiger partial charge < -0.3 is 20.1 Å². The molecule has 3 aromatic carbocycles. The number of carbonyl (C=O) groups is 2. The van der Waals surface area contributed by atoms with Gasteiger partial charge in [0.1, 0.15) is 18.4 Å². The first-order valence-corrected chi connectivity index (χ1v) is 14.7. The molecule has 1 aliphatic heterocycles. The van der Waals surface area contributed by atoms with E-state index in [9.17, 15) is 14.7 Å². The minimum Gasteiger partial charge on any atom is -0.489 e. The number of aliphatic carboxylic acids is 1. The van der Waals surface area contributed by atoms with Crippen LogP contribution in [0.25, 0.3) is 10.9 Å². The zero-order chi connectivity index (χ0) is 28.2. The molecular formula is C34H37N3O4. The van der Waals surface area contributed by atoms with Gasteiger partial charge in [0.2, 0.25) is 5.91 Å². The van der Waals surface area contributed by atoms with E-state index in [0.29, 0.717) is 24.7 Å². The van der Waals surface area contributed by atoms with Crippen LogP contribution in [0.5, 0.6) is 5.75 Å². The van der Waals surface area contributed by atoms with E-state index in [2.05, 4.69) is 27.8 Å². The van der Waals surface area contributed by atoms with Crippen molar-refractivity contribution in [2.75, 3.05) is 0 Å². The summed E-state index contributed by atoms with van der Waals surface area (Å²) in [6.45, 7) is 0.461. The Balaban J connectivity index is 1.14. The molecule has 2 heterocycles. The van der Waals surface area contributed by atoms with Crippen LogP contribution < -0.4 is 15.4 Å². The van der Waals surface area contributed by atoms with Gasteiger partial charge in [-0.1, -0.05) is 79.9 Å². The van der Waals surface area contributed by atoms with Crippen LogP contribution in [0.15, 0.2) is 78.9 Å². The van der Waals surface area contributed by atoms with Crippen molar-refractivity contribution in [1.29, 1.82) is 0 Å². The Hall–Kier alpha value is -4.10. The fourth-order valence-corrected chi connectivity index (χ4v) is 6.45. The molecule has 4 aromatic rings. The van der Waals surface area contributed by atoms with E-state index in [1.807, 2.05) is 66.7 Å². The van der Waals surface area contributed by atoms with Crippen LogP contribution in [-0.4, -0.2) is 34.1 Å². The molecule has 6 rings (SSSR count). The molecule has 1 amide bonds. The molecular weight excluding hydrogens is 514 g/mol. The lowest BCUT2D eigenvalue weighted by Gasteiger charge is -2.37. The van der Waals surface area contributed by atoms with Gasteiger partial charge in [0.15, 0.2) is 0 Å². The highest BCUT2D eigenvalue weighted by Gasteiger charge is 2.38. The normalized spacial score (nSPS) is 19.8. The van der Waals surface area contributed by atoms with E-state index in [0.717, 1.165) is 34.9 Å². The second kappa shape index (κ2) is 12.2. The smallest absolute Gasteiger partial charge is 0.326 e. The second-order valence-corrected chi connectivity index (χ2v) is 11.4. The quantitative estimate of drug-likeness (QED) is 0.214. The summed E-state index contributed by atoms with van der Waals surface area (Å²) in [5, 5.41) is 17.6. The highest BCUT2D eigenvalue weighted by molar-refractivity contribution is 5.90. The van der Waals surface area contributed by atoms with Gasteiger partial charge in [-0.25, -0.2) is 4.79 Å². The lowest BCUT2D eigenvalue weighted by Crippen LogP contribution is -2.55. The largest absolute Gasteiger partial charge is 0.489 e. The fraction of sp³-hybridized carbons (Fsp3) is 0.353. The number of para-hydroxylation sites is 1. The second-order valence-electron chi connectivity index (χ2n) is 11.4. The number of aromatic amines is 1. The van der Waals surface area contributed by atoms with Crippen LogP contribution in [0.1, 0.15) is 60.5 Å². The van der Waals surface area contributed by atoms with Crippen LogP contribution in [0.3, 0.4) is 0 Å². The number of nitrogens with one attached hydrogen (secondary N) is 3. The van der Waals surface area contributed by atoms with Crippen molar-refractivity contribution >= 4 is 22.8 Å². The van der Waals surface area contributed by atoms with Crippen LogP contribution in [0.4, 0.5) is 0 Å². The van der Waals surface area contributed by atoms with Gasteiger partial charge >= 0.3 is 5.97 Å². The standard InChI is InChI=1S/C34H37N3O4/c38-33(37-30(34(39)40)19-22-15-17-25(18-16-22)41-21-23-9-3-1-4-10-23)29-20-27-26-13-7-8-14-28(26)35-32(27)31(36-29)24-11-5-2-6-12-24/h1,3-4,7-10,13-18,24,29-31,35-36H,2,5-6,11-12,19-21H2,(H,37,38)(H,39,40)/t29-,30?,31+/m1/s1. The fourth-order valence-electron chi connectivity index (χ4n) is 6.45. The number of ether oxygens (including phenoxy) is 1. The van der Waals surface area contributed by atoms with E-state index in [1.54, 1.807) is 0 Å². The average molecular weight is 552 g/mol. The van der Waals surface area contributed by atoms with E-state index in [4.69, 9.17) is 4.74 Å². The molecule has 2 aliphatic rings. The summed E-state index contributed by atoms with van der Waals surface area (Å²) in [5.41, 5.74) is 5.34. The molecule has 3 atom stereocenters. The molecule has 1 aliphatic carbocycles. The highest BCUT2D eigenvalue weighted by Crippen LogP contribution is 2.40. The van der Waals surface area contributed by atoms with Gasteiger partial charge in [0.25, 0.3) is 0 Å². The molecule has 1 saturated carbocycles. The predicted octanol–water partition coefficient (Wildman–Crippen LogP) is 5.69. The number of carboxylic acids is 1. The summed E-state index contributed by atoms with van der Waals surface area (Å²) in [5.74, 6) is -0.153. The first-order valence-electron chi connectivity index (χ1n) is 14.7. The van der Waals surface area contributed by atoms with Crippen LogP contribution in [0.2, 0.25) is 0 Å². The van der Waals surface area contributed by atoms with Crippen molar-refractivity contribution in [1.82, 2.24) is 15.6 Å². The summed E-state index contributed by atoms with van der Waals surface area (Å²) in [6, 6.07) is 24.1. The van der Waals surface area contributed by atoms with Crippen LogP contribution >= 0.6 is 0 Å². The zero-order valence-corrected chi connectivity index (χ0v) is 23.1. The average Bonchev–Trinajstić information content (AvgIpc) is 3.39. The number of hydrogen-bond acceptors (Lipinski definition) is 4.